The Morgan fingerprint density at radius 3 is 3.00 bits per heavy atom. The number of rotatable bonds is 6. The van der Waals surface area contributed by atoms with Crippen molar-refractivity contribution in [3.05, 3.63) is 22.8 Å². The molecule has 0 radical (unpaired) electrons. The molecule has 0 aliphatic carbocycles. The molecule has 2 atom stereocenters. The van der Waals surface area contributed by atoms with Crippen LogP contribution in [-0.2, 0) is 25.2 Å². The highest BCUT2D eigenvalue weighted by molar-refractivity contribution is 7.85. The minimum atomic E-state index is -1.36. The molecule has 130 valence electrons. The smallest absolute Gasteiger partial charge is 0.351 e. The summed E-state index contributed by atoms with van der Waals surface area (Å²) in [5.74, 6) is -1.66. The van der Waals surface area contributed by atoms with Crippen molar-refractivity contribution in [1.82, 2.24) is 15.6 Å². The molecule has 0 bridgehead atoms. The third kappa shape index (κ3) is 4.29. The Morgan fingerprint density at radius 2 is 2.42 bits per heavy atom. The number of hydrogen-bond acceptors (Lipinski definition) is 9. The summed E-state index contributed by atoms with van der Waals surface area (Å²) in [6.07, 6.45) is 1.34. The van der Waals surface area contributed by atoms with Crippen LogP contribution in [0.4, 0.5) is 5.13 Å². The number of anilines is 1. The normalized spacial score (nSPS) is 20.7. The molecular weight excluding hydrogens is 358 g/mol. The van der Waals surface area contributed by atoms with Crippen molar-refractivity contribution in [2.75, 3.05) is 25.1 Å². The molecule has 2 rings (SSSR count). The number of carboxylic acid groups (broad SMARTS) is 1. The lowest BCUT2D eigenvalue weighted by Gasteiger charge is -2.23. The molecule has 2 unspecified atom stereocenters. The van der Waals surface area contributed by atoms with Gasteiger partial charge in [0.2, 0.25) is 0 Å². The van der Waals surface area contributed by atoms with E-state index in [2.05, 4.69) is 25.6 Å². The highest BCUT2D eigenvalue weighted by Gasteiger charge is 2.26. The van der Waals surface area contributed by atoms with Crippen LogP contribution in [0.15, 0.2) is 22.3 Å². The quantitative estimate of drug-likeness (QED) is 0.359. The van der Waals surface area contributed by atoms with E-state index in [0.717, 1.165) is 11.3 Å². The van der Waals surface area contributed by atoms with E-state index in [9.17, 15) is 13.8 Å². The standard InChI is InChI=1S/C12H15N5O5S2/c1-22-17-9(7-5-23-12(13)16-7)10(18)14-4-8-15-6(11(19)20)2-3-24(8)21/h2,5,8,15H,3-4H2,1H3,(H2,13,16)(H,14,18)(H,19,20)/b17-9-. The molecule has 0 spiro atoms. The molecule has 2 heterocycles. The van der Waals surface area contributed by atoms with Gasteiger partial charge < -0.3 is 26.3 Å². The van der Waals surface area contributed by atoms with E-state index in [-0.39, 0.29) is 34.5 Å². The van der Waals surface area contributed by atoms with Gasteiger partial charge in [-0.1, -0.05) is 5.16 Å². The van der Waals surface area contributed by atoms with Gasteiger partial charge in [-0.15, -0.1) is 11.3 Å². The van der Waals surface area contributed by atoms with Crippen LogP contribution >= 0.6 is 11.3 Å². The van der Waals surface area contributed by atoms with Crippen molar-refractivity contribution >= 4 is 44.9 Å². The van der Waals surface area contributed by atoms with E-state index in [0.29, 0.717) is 0 Å². The number of aromatic nitrogens is 1. The van der Waals surface area contributed by atoms with Crippen LogP contribution in [0.3, 0.4) is 0 Å². The van der Waals surface area contributed by atoms with E-state index >= 15 is 0 Å². The summed E-state index contributed by atoms with van der Waals surface area (Å²) < 4.78 is 11.9. The Bertz CT molecular complexity index is 729. The zero-order valence-corrected chi connectivity index (χ0v) is 14.1. The van der Waals surface area contributed by atoms with Crippen LogP contribution in [0.5, 0.6) is 0 Å². The van der Waals surface area contributed by atoms with Crippen LogP contribution < -0.4 is 16.4 Å². The molecule has 1 aromatic rings. The topological polar surface area (TPSA) is 156 Å². The maximum atomic E-state index is 12.3. The zero-order chi connectivity index (χ0) is 17.7. The second-order valence-corrected chi connectivity index (χ2v) is 7.06. The van der Waals surface area contributed by atoms with Crippen LogP contribution in [0, 0.1) is 0 Å². The number of nitrogen functional groups attached to an aromatic ring is 1. The van der Waals surface area contributed by atoms with Crippen LogP contribution in [0.25, 0.3) is 0 Å². The van der Waals surface area contributed by atoms with E-state index in [1.165, 1.54) is 13.2 Å². The largest absolute Gasteiger partial charge is 0.477 e. The number of amides is 1. The molecule has 10 nitrogen and oxygen atoms in total. The predicted molar refractivity (Wildman–Crippen MR) is 88.7 cm³/mol. The number of oxime groups is 1. The molecule has 1 aliphatic rings. The molecule has 12 heteroatoms. The van der Waals surface area contributed by atoms with E-state index in [1.807, 2.05) is 0 Å². The lowest BCUT2D eigenvalue weighted by molar-refractivity contribution is -0.133. The number of carbonyl (C=O) groups is 2. The summed E-state index contributed by atoms with van der Waals surface area (Å²) in [6.45, 7) is -0.0571. The number of carboxylic acids is 1. The fourth-order valence-electron chi connectivity index (χ4n) is 1.83. The minimum absolute atomic E-state index is 0.0492. The van der Waals surface area contributed by atoms with Gasteiger partial charge in [0.1, 0.15) is 23.9 Å². The summed E-state index contributed by atoms with van der Waals surface area (Å²) in [5, 5.41) is 18.8. The zero-order valence-electron chi connectivity index (χ0n) is 12.5. The summed E-state index contributed by atoms with van der Waals surface area (Å²) >= 11 is 1.14. The van der Waals surface area contributed by atoms with Gasteiger partial charge in [-0.05, 0) is 6.08 Å². The molecule has 0 saturated carbocycles. The molecule has 1 aromatic heterocycles. The van der Waals surface area contributed by atoms with Gasteiger partial charge >= 0.3 is 5.97 Å². The first kappa shape index (κ1) is 17.9. The molecule has 24 heavy (non-hydrogen) atoms. The first-order valence-corrected chi connectivity index (χ1v) is 8.86. The summed E-state index contributed by atoms with van der Waals surface area (Å²) in [6, 6.07) is 0. The highest BCUT2D eigenvalue weighted by atomic mass is 32.2. The number of carbonyl (C=O) groups excluding carboxylic acids is 1. The maximum absolute atomic E-state index is 12.3. The van der Waals surface area contributed by atoms with Gasteiger partial charge in [0.15, 0.2) is 10.8 Å². The Hall–Kier alpha value is -2.47. The van der Waals surface area contributed by atoms with Crippen molar-refractivity contribution in [3.63, 3.8) is 0 Å². The third-order valence-electron chi connectivity index (χ3n) is 2.93. The number of nitrogens with two attached hydrogens (primary N) is 1. The molecular formula is C12H15N5O5S2. The monoisotopic (exact) mass is 373 g/mol. The molecule has 0 saturated heterocycles. The van der Waals surface area contributed by atoms with Crippen molar-refractivity contribution in [3.8, 4) is 0 Å². The summed E-state index contributed by atoms with van der Waals surface area (Å²) in [7, 11) is -0.0768. The van der Waals surface area contributed by atoms with Crippen molar-refractivity contribution in [2.45, 2.75) is 5.37 Å². The first-order chi connectivity index (χ1) is 11.4. The lowest BCUT2D eigenvalue weighted by atomic mass is 10.3. The van der Waals surface area contributed by atoms with Gasteiger partial charge in [0.05, 0.1) is 6.54 Å². The number of thiazole rings is 1. The Morgan fingerprint density at radius 1 is 1.67 bits per heavy atom. The predicted octanol–water partition coefficient (Wildman–Crippen LogP) is -1.16. The minimum Gasteiger partial charge on any atom is -0.477 e. The second-order valence-electron chi connectivity index (χ2n) is 4.51. The van der Waals surface area contributed by atoms with Crippen molar-refractivity contribution in [1.29, 1.82) is 0 Å². The highest BCUT2D eigenvalue weighted by Crippen LogP contribution is 2.12. The number of nitrogens with one attached hydrogen (secondary N) is 2. The molecule has 0 aromatic carbocycles. The van der Waals surface area contributed by atoms with E-state index in [4.69, 9.17) is 10.8 Å². The first-order valence-electron chi connectivity index (χ1n) is 6.60. The average Bonchev–Trinajstić information content (AvgIpc) is 2.97. The van der Waals surface area contributed by atoms with Crippen LogP contribution in [0.1, 0.15) is 5.69 Å². The van der Waals surface area contributed by atoms with E-state index < -0.39 is 28.0 Å². The van der Waals surface area contributed by atoms with Gasteiger partial charge in [0.25, 0.3) is 5.91 Å². The number of nitrogens with zero attached hydrogens (tertiary/aromatic N) is 2. The van der Waals surface area contributed by atoms with E-state index in [1.54, 1.807) is 5.38 Å². The van der Waals surface area contributed by atoms with Gasteiger partial charge in [-0.2, -0.15) is 0 Å². The van der Waals surface area contributed by atoms with Gasteiger partial charge in [0, 0.05) is 21.9 Å². The molecule has 0 fully saturated rings. The molecule has 1 aliphatic heterocycles. The Labute approximate surface area is 143 Å². The van der Waals surface area contributed by atoms with Crippen molar-refractivity contribution in [2.24, 2.45) is 5.16 Å². The fraction of sp³-hybridized carbons (Fsp3) is 0.333. The third-order valence-corrected chi connectivity index (χ3v) is 5.01. The molecule has 5 N–H and O–H groups in total. The summed E-state index contributed by atoms with van der Waals surface area (Å²) in [4.78, 5) is 31.8. The number of aliphatic carboxylic acids is 1. The van der Waals surface area contributed by atoms with Crippen molar-refractivity contribution < 1.29 is 23.7 Å². The maximum Gasteiger partial charge on any atom is 0.351 e. The van der Waals surface area contributed by atoms with Gasteiger partial charge in [-0.3, -0.25) is 9.00 Å². The average molecular weight is 373 g/mol. The lowest BCUT2D eigenvalue weighted by Crippen LogP contribution is -2.48. The fourth-order valence-corrected chi connectivity index (χ4v) is 3.47. The van der Waals surface area contributed by atoms with Crippen LogP contribution in [0.2, 0.25) is 0 Å². The van der Waals surface area contributed by atoms with Crippen LogP contribution in [-0.4, -0.2) is 56.7 Å². The number of hydrogen-bond donors (Lipinski definition) is 4. The Balaban J connectivity index is 2.03. The molecule has 1 amide bonds. The SMILES string of the molecule is CO/N=C(\C(=O)NCC1NC(C(=O)O)=CCS1=O)c1csc(N)n1. The van der Waals surface area contributed by atoms with Gasteiger partial charge in [-0.25, -0.2) is 9.78 Å². The Kier molecular flexibility index (Phi) is 5.87. The summed E-state index contributed by atoms with van der Waals surface area (Å²) in [5.41, 5.74) is 5.65. The second kappa shape index (κ2) is 7.88.